The summed E-state index contributed by atoms with van der Waals surface area (Å²) in [6.07, 6.45) is 1.31. The maximum absolute atomic E-state index is 8.87. The summed E-state index contributed by atoms with van der Waals surface area (Å²) in [6.45, 7) is 22.9. The lowest BCUT2D eigenvalue weighted by Crippen LogP contribution is -2.24. The molecule has 0 aromatic heterocycles. The summed E-state index contributed by atoms with van der Waals surface area (Å²) in [5, 5.41) is 8.87. The maximum Gasteiger partial charge on any atom is 0.0464 e. The molecule has 0 saturated heterocycles. The molecule has 0 aromatic rings. The van der Waals surface area contributed by atoms with Crippen LogP contribution in [0.15, 0.2) is 0 Å². The second-order valence-electron chi connectivity index (χ2n) is 7.96. The highest BCUT2D eigenvalue weighted by atomic mass is 16.3. The topological polar surface area (TPSA) is 20.2 Å². The first-order chi connectivity index (χ1) is 8.48. The van der Waals surface area contributed by atoms with Gasteiger partial charge >= 0.3 is 0 Å². The maximum atomic E-state index is 8.87. The van der Waals surface area contributed by atoms with Gasteiger partial charge in [0.1, 0.15) is 0 Å². The zero-order valence-corrected chi connectivity index (χ0v) is 15.2. The molecule has 0 aliphatic heterocycles. The molecule has 0 bridgehead atoms. The average Bonchev–Trinajstić information content (AvgIpc) is 2.15. The summed E-state index contributed by atoms with van der Waals surface area (Å²) in [5.41, 5.74) is 0.489. The van der Waals surface area contributed by atoms with Crippen molar-refractivity contribution < 1.29 is 5.11 Å². The normalized spacial score (nSPS) is 13.3. The SMILES string of the molecule is C.CC(C)C(CO)C(C)C.CCC(C(C)C)C(C)(C)C. The fourth-order valence-electron chi connectivity index (χ4n) is 3.28. The molecule has 0 aromatic carbocycles. The monoisotopic (exact) mass is 288 g/mol. The molecular weight excluding hydrogens is 244 g/mol. The molecule has 126 valence electrons. The highest BCUT2D eigenvalue weighted by Gasteiger charge is 2.25. The summed E-state index contributed by atoms with van der Waals surface area (Å²) in [4.78, 5) is 0. The molecule has 0 aliphatic carbocycles. The van der Waals surface area contributed by atoms with Crippen LogP contribution in [0.3, 0.4) is 0 Å². The van der Waals surface area contributed by atoms with E-state index in [1.807, 2.05) is 0 Å². The molecule has 0 aliphatic rings. The van der Waals surface area contributed by atoms with Gasteiger partial charge in [-0.05, 0) is 35.0 Å². The number of aliphatic hydroxyl groups is 1. The first kappa shape index (κ1) is 24.9. The molecule has 1 nitrogen and oxygen atoms in total. The van der Waals surface area contributed by atoms with Crippen molar-refractivity contribution in [3.8, 4) is 0 Å². The van der Waals surface area contributed by atoms with Crippen molar-refractivity contribution in [1.29, 1.82) is 0 Å². The van der Waals surface area contributed by atoms with Gasteiger partial charge in [-0.1, -0.05) is 83.1 Å². The number of hydrogen-bond acceptors (Lipinski definition) is 1. The van der Waals surface area contributed by atoms with E-state index in [0.717, 1.165) is 11.8 Å². The molecule has 0 amide bonds. The van der Waals surface area contributed by atoms with Crippen molar-refractivity contribution in [2.45, 2.75) is 83.1 Å². The third-order valence-corrected chi connectivity index (χ3v) is 4.28. The van der Waals surface area contributed by atoms with Crippen LogP contribution in [0.25, 0.3) is 0 Å². The predicted molar refractivity (Wildman–Crippen MR) is 95.1 cm³/mol. The van der Waals surface area contributed by atoms with Gasteiger partial charge in [0.05, 0.1) is 0 Å². The van der Waals surface area contributed by atoms with Crippen LogP contribution >= 0.6 is 0 Å². The molecule has 0 heterocycles. The van der Waals surface area contributed by atoms with Crippen molar-refractivity contribution in [2.75, 3.05) is 6.61 Å². The van der Waals surface area contributed by atoms with Crippen molar-refractivity contribution in [1.82, 2.24) is 0 Å². The van der Waals surface area contributed by atoms with Gasteiger partial charge in [0.15, 0.2) is 0 Å². The first-order valence-electron chi connectivity index (χ1n) is 8.09. The van der Waals surface area contributed by atoms with Gasteiger partial charge in [0, 0.05) is 6.61 Å². The lowest BCUT2D eigenvalue weighted by Gasteiger charge is -2.33. The molecule has 1 heteroatoms. The Morgan fingerprint density at radius 2 is 1.15 bits per heavy atom. The number of aliphatic hydroxyl groups excluding tert-OH is 1. The Hall–Kier alpha value is -0.0400. The van der Waals surface area contributed by atoms with Crippen molar-refractivity contribution in [3.63, 3.8) is 0 Å². The fourth-order valence-corrected chi connectivity index (χ4v) is 3.28. The lowest BCUT2D eigenvalue weighted by atomic mass is 9.73. The zero-order chi connectivity index (χ0) is 15.8. The van der Waals surface area contributed by atoms with Crippen LogP contribution in [0.5, 0.6) is 0 Å². The Morgan fingerprint density at radius 3 is 1.15 bits per heavy atom. The van der Waals surface area contributed by atoms with Crippen LogP contribution in [0.4, 0.5) is 0 Å². The quantitative estimate of drug-likeness (QED) is 0.633. The molecule has 0 fully saturated rings. The molecule has 0 radical (unpaired) electrons. The van der Waals surface area contributed by atoms with Crippen LogP contribution in [-0.4, -0.2) is 11.7 Å². The summed E-state index contributed by atoms with van der Waals surface area (Å²) in [7, 11) is 0. The average molecular weight is 289 g/mol. The van der Waals surface area contributed by atoms with Crippen LogP contribution in [-0.2, 0) is 0 Å². The van der Waals surface area contributed by atoms with Gasteiger partial charge in [-0.25, -0.2) is 0 Å². The zero-order valence-electron chi connectivity index (χ0n) is 15.2. The highest BCUT2D eigenvalue weighted by molar-refractivity contribution is 4.74. The van der Waals surface area contributed by atoms with Crippen LogP contribution in [0.2, 0.25) is 0 Å². The minimum absolute atomic E-state index is 0. The van der Waals surface area contributed by atoms with Gasteiger partial charge in [0.25, 0.3) is 0 Å². The minimum Gasteiger partial charge on any atom is -0.396 e. The van der Waals surface area contributed by atoms with Gasteiger partial charge in [-0.15, -0.1) is 0 Å². The fraction of sp³-hybridized carbons (Fsp3) is 1.00. The second kappa shape index (κ2) is 11.6. The largest absolute Gasteiger partial charge is 0.396 e. The molecule has 0 spiro atoms. The van der Waals surface area contributed by atoms with Gasteiger partial charge in [0.2, 0.25) is 0 Å². The Morgan fingerprint density at radius 1 is 0.800 bits per heavy atom. The summed E-state index contributed by atoms with van der Waals surface area (Å²) in [6, 6.07) is 0. The summed E-state index contributed by atoms with van der Waals surface area (Å²) >= 11 is 0. The van der Waals surface area contributed by atoms with E-state index >= 15 is 0 Å². The third kappa shape index (κ3) is 10.7. The Kier molecular flexibility index (Phi) is 14.5. The van der Waals surface area contributed by atoms with Crippen LogP contribution < -0.4 is 0 Å². The molecule has 0 rings (SSSR count). The molecule has 0 saturated carbocycles. The third-order valence-electron chi connectivity index (χ3n) is 4.28. The van der Waals surface area contributed by atoms with E-state index in [0.29, 0.717) is 29.8 Å². The Labute approximate surface area is 130 Å². The van der Waals surface area contributed by atoms with Gasteiger partial charge in [-0.3, -0.25) is 0 Å². The highest BCUT2D eigenvalue weighted by Crippen LogP contribution is 2.34. The first-order valence-corrected chi connectivity index (χ1v) is 8.09. The predicted octanol–water partition coefficient (Wildman–Crippen LogP) is 6.26. The van der Waals surface area contributed by atoms with Crippen LogP contribution in [0, 0.1) is 35.0 Å². The molecule has 20 heavy (non-hydrogen) atoms. The van der Waals surface area contributed by atoms with Crippen molar-refractivity contribution in [3.05, 3.63) is 0 Å². The van der Waals surface area contributed by atoms with Gasteiger partial charge in [-0.2, -0.15) is 0 Å². The molecule has 1 N–H and O–H groups in total. The van der Waals surface area contributed by atoms with Crippen molar-refractivity contribution in [2.24, 2.45) is 35.0 Å². The summed E-state index contributed by atoms with van der Waals surface area (Å²) in [5.74, 6) is 3.38. The van der Waals surface area contributed by atoms with E-state index in [1.54, 1.807) is 0 Å². The van der Waals surface area contributed by atoms with E-state index in [4.69, 9.17) is 5.11 Å². The van der Waals surface area contributed by atoms with Crippen molar-refractivity contribution >= 4 is 0 Å². The van der Waals surface area contributed by atoms with Crippen LogP contribution in [0.1, 0.15) is 83.1 Å². The lowest BCUT2D eigenvalue weighted by molar-refractivity contribution is 0.150. The van der Waals surface area contributed by atoms with Gasteiger partial charge < -0.3 is 5.11 Å². The Balaban J connectivity index is -0.000000277. The standard InChI is InChI=1S/C10H22.C8H18O.CH4/c1-7-9(8(2)3)10(4,5)6;1-6(2)8(5-9)7(3)4;/h8-9H,7H2,1-6H3;6-9H,5H2,1-4H3;1H4. The molecule has 1 unspecified atom stereocenters. The smallest absolute Gasteiger partial charge is 0.0464 e. The second-order valence-corrected chi connectivity index (χ2v) is 7.96. The molecule has 1 atom stereocenters. The van der Waals surface area contributed by atoms with E-state index in [-0.39, 0.29) is 7.43 Å². The Bertz CT molecular complexity index is 190. The minimum atomic E-state index is 0. The van der Waals surface area contributed by atoms with E-state index < -0.39 is 0 Å². The number of rotatable bonds is 5. The number of hydrogen-bond donors (Lipinski definition) is 1. The summed E-state index contributed by atoms with van der Waals surface area (Å²) < 4.78 is 0. The van der Waals surface area contributed by atoms with E-state index in [9.17, 15) is 0 Å². The van der Waals surface area contributed by atoms with E-state index in [1.165, 1.54) is 6.42 Å². The van der Waals surface area contributed by atoms with E-state index in [2.05, 4.69) is 69.2 Å². The molecular formula is C19H44O.